The smallest absolute Gasteiger partial charge is 0.156 e. The number of nitrogens with two attached hydrogens (primary N) is 1. The zero-order chi connectivity index (χ0) is 13.1. The minimum atomic E-state index is -0.453. The number of halogens is 2. The lowest BCUT2D eigenvalue weighted by Crippen LogP contribution is -2.14. The molecule has 1 heterocycles. The molecule has 3 N–H and O–H groups in total. The van der Waals surface area contributed by atoms with Crippen molar-refractivity contribution in [3.63, 3.8) is 0 Å². The van der Waals surface area contributed by atoms with Crippen LogP contribution in [-0.2, 0) is 0 Å². The fourth-order valence-electron chi connectivity index (χ4n) is 1.35. The molecule has 0 atom stereocenters. The average molecular weight is 266 g/mol. The third-order valence-electron chi connectivity index (χ3n) is 2.14. The molecule has 0 bridgehead atoms. The van der Waals surface area contributed by atoms with Crippen LogP contribution in [0.2, 0.25) is 5.02 Å². The van der Waals surface area contributed by atoms with Gasteiger partial charge in [0.1, 0.15) is 23.1 Å². The molecule has 1 aromatic carbocycles. The van der Waals surface area contributed by atoms with Gasteiger partial charge >= 0.3 is 0 Å². The quantitative estimate of drug-likeness (QED) is 0.662. The maximum absolute atomic E-state index is 12.9. The van der Waals surface area contributed by atoms with Gasteiger partial charge in [0, 0.05) is 6.20 Å². The van der Waals surface area contributed by atoms with Gasteiger partial charge in [0.05, 0.1) is 5.02 Å². The molecule has 0 unspecified atom stereocenters. The minimum absolute atomic E-state index is 0.133. The zero-order valence-corrected chi connectivity index (χ0v) is 9.91. The molecule has 0 radical (unpaired) electrons. The van der Waals surface area contributed by atoms with Crippen molar-refractivity contribution >= 4 is 17.4 Å². The summed E-state index contributed by atoms with van der Waals surface area (Å²) in [5, 5.41) is 7.50. The fraction of sp³-hybridized carbons (Fsp3) is 0. The standard InChI is InChI=1S/C12H9ClFN3O/c13-8-6-7(14)3-4-9(8)18-10-2-1-5-17-11(10)12(15)16/h1-6H,(H3,15,16). The van der Waals surface area contributed by atoms with Crippen molar-refractivity contribution < 1.29 is 9.13 Å². The monoisotopic (exact) mass is 265 g/mol. The molecule has 0 aliphatic carbocycles. The number of benzene rings is 1. The van der Waals surface area contributed by atoms with E-state index in [-0.39, 0.29) is 22.3 Å². The van der Waals surface area contributed by atoms with Crippen LogP contribution >= 0.6 is 11.6 Å². The molecule has 4 nitrogen and oxygen atoms in total. The second-order valence-electron chi connectivity index (χ2n) is 3.44. The summed E-state index contributed by atoms with van der Waals surface area (Å²) in [4.78, 5) is 3.93. The number of ether oxygens (including phenoxy) is 1. The first-order valence-electron chi connectivity index (χ1n) is 5.00. The summed E-state index contributed by atoms with van der Waals surface area (Å²) in [7, 11) is 0. The predicted octanol–water partition coefficient (Wildman–Crippen LogP) is 2.95. The van der Waals surface area contributed by atoms with E-state index in [1.807, 2.05) is 0 Å². The number of rotatable bonds is 3. The van der Waals surface area contributed by atoms with Crippen molar-refractivity contribution in [2.45, 2.75) is 0 Å². The number of nitrogens with one attached hydrogen (secondary N) is 1. The van der Waals surface area contributed by atoms with Crippen LogP contribution in [0.3, 0.4) is 0 Å². The topological polar surface area (TPSA) is 72.0 Å². The van der Waals surface area contributed by atoms with Crippen LogP contribution in [0.25, 0.3) is 0 Å². The van der Waals surface area contributed by atoms with Gasteiger partial charge in [-0.3, -0.25) is 5.41 Å². The van der Waals surface area contributed by atoms with E-state index in [1.165, 1.54) is 18.3 Å². The van der Waals surface area contributed by atoms with Gasteiger partial charge in [-0.15, -0.1) is 0 Å². The summed E-state index contributed by atoms with van der Waals surface area (Å²) >= 11 is 5.84. The van der Waals surface area contributed by atoms with Gasteiger partial charge in [0.25, 0.3) is 0 Å². The van der Waals surface area contributed by atoms with Crippen LogP contribution in [-0.4, -0.2) is 10.8 Å². The molecule has 0 saturated heterocycles. The predicted molar refractivity (Wildman–Crippen MR) is 66.7 cm³/mol. The first kappa shape index (κ1) is 12.3. The highest BCUT2D eigenvalue weighted by Gasteiger charge is 2.10. The Kier molecular flexibility index (Phi) is 3.43. The fourth-order valence-corrected chi connectivity index (χ4v) is 1.56. The zero-order valence-electron chi connectivity index (χ0n) is 9.15. The maximum Gasteiger partial charge on any atom is 0.156 e. The van der Waals surface area contributed by atoms with Crippen molar-refractivity contribution in [3.05, 3.63) is 53.1 Å². The highest BCUT2D eigenvalue weighted by atomic mass is 35.5. The third-order valence-corrected chi connectivity index (χ3v) is 2.44. The highest BCUT2D eigenvalue weighted by Crippen LogP contribution is 2.30. The van der Waals surface area contributed by atoms with E-state index in [0.29, 0.717) is 5.75 Å². The van der Waals surface area contributed by atoms with Gasteiger partial charge in [-0.1, -0.05) is 11.6 Å². The van der Waals surface area contributed by atoms with Crippen LogP contribution in [0.1, 0.15) is 5.69 Å². The number of pyridine rings is 1. The SMILES string of the molecule is N=C(N)c1ncccc1Oc1ccc(F)cc1Cl. The van der Waals surface area contributed by atoms with E-state index in [0.717, 1.165) is 6.07 Å². The van der Waals surface area contributed by atoms with E-state index in [9.17, 15) is 4.39 Å². The minimum Gasteiger partial charge on any atom is -0.453 e. The van der Waals surface area contributed by atoms with Crippen molar-refractivity contribution in [1.82, 2.24) is 4.98 Å². The van der Waals surface area contributed by atoms with Gasteiger partial charge in [0.15, 0.2) is 5.75 Å². The summed E-state index contributed by atoms with van der Waals surface area (Å²) in [5.41, 5.74) is 5.58. The molecule has 6 heteroatoms. The van der Waals surface area contributed by atoms with E-state index < -0.39 is 5.82 Å². The second-order valence-corrected chi connectivity index (χ2v) is 3.85. The first-order valence-corrected chi connectivity index (χ1v) is 5.38. The number of hydrogen-bond donors (Lipinski definition) is 2. The summed E-state index contributed by atoms with van der Waals surface area (Å²) in [5.74, 6) is -0.110. The molecule has 0 fully saturated rings. The van der Waals surface area contributed by atoms with Crippen LogP contribution in [0.5, 0.6) is 11.5 Å². The Morgan fingerprint density at radius 3 is 2.78 bits per heavy atom. The number of aromatic nitrogens is 1. The number of hydrogen-bond acceptors (Lipinski definition) is 3. The number of nitrogen functional groups attached to an aromatic ring is 1. The Balaban J connectivity index is 2.37. The molecule has 2 rings (SSSR count). The van der Waals surface area contributed by atoms with Crippen LogP contribution in [0, 0.1) is 11.2 Å². The third kappa shape index (κ3) is 2.57. The lowest BCUT2D eigenvalue weighted by Gasteiger charge is -2.10. The second kappa shape index (κ2) is 5.01. The van der Waals surface area contributed by atoms with Crippen molar-refractivity contribution in [1.29, 1.82) is 5.41 Å². The molecule has 0 aliphatic rings. The van der Waals surface area contributed by atoms with Gasteiger partial charge in [-0.2, -0.15) is 0 Å². The van der Waals surface area contributed by atoms with E-state index in [2.05, 4.69) is 4.98 Å². The summed E-state index contributed by atoms with van der Waals surface area (Å²) in [6.45, 7) is 0. The molecule has 0 amide bonds. The molecular formula is C12H9ClFN3O. The van der Waals surface area contributed by atoms with E-state index >= 15 is 0 Å². The number of amidine groups is 1. The normalized spacial score (nSPS) is 10.1. The summed E-state index contributed by atoms with van der Waals surface area (Å²) < 4.78 is 18.4. The maximum atomic E-state index is 12.9. The van der Waals surface area contributed by atoms with Gasteiger partial charge in [-0.05, 0) is 30.3 Å². The summed E-state index contributed by atoms with van der Waals surface area (Å²) in [6.07, 6.45) is 1.50. The summed E-state index contributed by atoms with van der Waals surface area (Å²) in [6, 6.07) is 7.00. The van der Waals surface area contributed by atoms with Crippen molar-refractivity contribution in [3.8, 4) is 11.5 Å². The van der Waals surface area contributed by atoms with E-state index in [4.69, 9.17) is 27.5 Å². The Hall–Kier alpha value is -2.14. The number of nitrogens with zero attached hydrogens (tertiary/aromatic N) is 1. The molecule has 1 aromatic heterocycles. The van der Waals surface area contributed by atoms with Gasteiger partial charge in [-0.25, -0.2) is 9.37 Å². The highest BCUT2D eigenvalue weighted by molar-refractivity contribution is 6.32. The first-order chi connectivity index (χ1) is 8.58. The van der Waals surface area contributed by atoms with Crippen LogP contribution < -0.4 is 10.5 Å². The molecule has 0 aliphatic heterocycles. The molecule has 18 heavy (non-hydrogen) atoms. The Morgan fingerprint density at radius 2 is 2.11 bits per heavy atom. The largest absolute Gasteiger partial charge is 0.453 e. The molecule has 92 valence electrons. The average Bonchev–Trinajstić information content (AvgIpc) is 2.33. The lowest BCUT2D eigenvalue weighted by atomic mass is 10.3. The van der Waals surface area contributed by atoms with Gasteiger partial charge in [0.2, 0.25) is 0 Å². The van der Waals surface area contributed by atoms with Crippen molar-refractivity contribution in [2.24, 2.45) is 5.73 Å². The lowest BCUT2D eigenvalue weighted by molar-refractivity contribution is 0.477. The Labute approximate surface area is 108 Å². The Bertz CT molecular complexity index is 604. The van der Waals surface area contributed by atoms with Gasteiger partial charge < -0.3 is 10.5 Å². The van der Waals surface area contributed by atoms with E-state index in [1.54, 1.807) is 12.1 Å². The molecule has 0 spiro atoms. The molecule has 0 saturated carbocycles. The van der Waals surface area contributed by atoms with Crippen LogP contribution in [0.4, 0.5) is 4.39 Å². The van der Waals surface area contributed by atoms with Crippen LogP contribution in [0.15, 0.2) is 36.5 Å². The Morgan fingerprint density at radius 1 is 1.33 bits per heavy atom. The molecule has 2 aromatic rings. The molecular weight excluding hydrogens is 257 g/mol. The van der Waals surface area contributed by atoms with Crippen molar-refractivity contribution in [2.75, 3.05) is 0 Å².